The average molecular weight is 405 g/mol. The van der Waals surface area contributed by atoms with Gasteiger partial charge in [-0.05, 0) is 12.8 Å². The number of carbonyl (C=O) groups is 1. The molecule has 2 aromatic heterocycles. The van der Waals surface area contributed by atoms with Crippen LogP contribution in [0, 0.1) is 5.92 Å². The molecule has 0 spiro atoms. The molecule has 1 saturated heterocycles. The molecule has 2 amide bonds. The normalized spacial score (nSPS) is 17.9. The van der Waals surface area contributed by atoms with Crippen molar-refractivity contribution in [2.45, 2.75) is 29.7 Å². The molecule has 0 saturated carbocycles. The maximum Gasteiger partial charge on any atom is 0.323 e. The van der Waals surface area contributed by atoms with E-state index in [1.54, 1.807) is 0 Å². The highest BCUT2D eigenvalue weighted by Crippen LogP contribution is 2.31. The standard InChI is InChI=1S/C15H18F3N5O3S/c1-22-8-10(12(20-22)13(16)17)27(25)14(18)9-2-5-23(6-3-9)15(24)19-11-4-7-26-21-11/h4,7-9,13-14H,2-3,5-6H2,1H3,(H,19,21,24). The van der Waals surface area contributed by atoms with Crippen LogP contribution in [-0.2, 0) is 17.8 Å². The van der Waals surface area contributed by atoms with Crippen molar-refractivity contribution < 1.29 is 26.7 Å². The second-order valence-corrected chi connectivity index (χ2v) is 7.63. The molecular formula is C15H18F3N5O3S. The third-order valence-electron chi connectivity index (χ3n) is 4.32. The van der Waals surface area contributed by atoms with Gasteiger partial charge < -0.3 is 9.42 Å². The number of likely N-dealkylation sites (tertiary alicyclic amines) is 1. The number of piperidine rings is 1. The van der Waals surface area contributed by atoms with Gasteiger partial charge in [0.05, 0.1) is 15.7 Å². The van der Waals surface area contributed by atoms with Gasteiger partial charge in [-0.25, -0.2) is 18.0 Å². The number of carbonyl (C=O) groups excluding carboxylic acids is 1. The summed E-state index contributed by atoms with van der Waals surface area (Å²) in [7, 11) is -0.848. The molecule has 0 bridgehead atoms. The first-order chi connectivity index (χ1) is 12.9. The molecule has 8 nitrogen and oxygen atoms in total. The highest BCUT2D eigenvalue weighted by atomic mass is 32.2. The number of rotatable bonds is 5. The SMILES string of the molecule is Cn1cc(S(=O)C(F)C2CCN(C(=O)Nc3ccon3)CC2)c(C(F)F)n1. The number of nitrogens with zero attached hydrogens (tertiary/aromatic N) is 4. The fourth-order valence-corrected chi connectivity index (χ4v) is 4.37. The smallest absolute Gasteiger partial charge is 0.323 e. The van der Waals surface area contributed by atoms with Crippen molar-refractivity contribution in [3.63, 3.8) is 0 Å². The van der Waals surface area contributed by atoms with Crippen molar-refractivity contribution in [3.8, 4) is 0 Å². The first-order valence-corrected chi connectivity index (χ1v) is 9.40. The van der Waals surface area contributed by atoms with E-state index in [4.69, 9.17) is 0 Å². The van der Waals surface area contributed by atoms with E-state index in [1.165, 1.54) is 24.3 Å². The molecule has 1 fully saturated rings. The van der Waals surface area contributed by atoms with E-state index in [0.717, 1.165) is 10.9 Å². The summed E-state index contributed by atoms with van der Waals surface area (Å²) in [5, 5.41) is 9.68. The minimum Gasteiger partial charge on any atom is -0.363 e. The summed E-state index contributed by atoms with van der Waals surface area (Å²) < 4.78 is 58.9. The van der Waals surface area contributed by atoms with Crippen molar-refractivity contribution in [2.75, 3.05) is 18.4 Å². The molecule has 148 valence electrons. The zero-order valence-electron chi connectivity index (χ0n) is 14.3. The molecule has 1 aliphatic heterocycles. The zero-order chi connectivity index (χ0) is 19.6. The largest absolute Gasteiger partial charge is 0.363 e. The van der Waals surface area contributed by atoms with Crippen molar-refractivity contribution in [3.05, 3.63) is 24.2 Å². The van der Waals surface area contributed by atoms with Crippen LogP contribution in [0.1, 0.15) is 25.0 Å². The lowest BCUT2D eigenvalue weighted by atomic mass is 9.98. The molecule has 3 heterocycles. The minimum absolute atomic E-state index is 0.251. The lowest BCUT2D eigenvalue weighted by Crippen LogP contribution is -2.43. The van der Waals surface area contributed by atoms with Crippen LogP contribution in [0.5, 0.6) is 0 Å². The van der Waals surface area contributed by atoms with Crippen LogP contribution in [0.4, 0.5) is 23.8 Å². The van der Waals surface area contributed by atoms with Crippen molar-refractivity contribution >= 4 is 22.6 Å². The number of aryl methyl sites for hydroxylation is 1. The highest BCUT2D eigenvalue weighted by Gasteiger charge is 2.35. The van der Waals surface area contributed by atoms with Gasteiger partial charge in [-0.2, -0.15) is 5.10 Å². The van der Waals surface area contributed by atoms with Gasteiger partial charge in [0.25, 0.3) is 6.43 Å². The van der Waals surface area contributed by atoms with Crippen LogP contribution in [0.3, 0.4) is 0 Å². The Balaban J connectivity index is 1.59. The third-order valence-corrected chi connectivity index (χ3v) is 5.86. The molecule has 2 atom stereocenters. The summed E-state index contributed by atoms with van der Waals surface area (Å²) in [6, 6.07) is 1.09. The lowest BCUT2D eigenvalue weighted by molar-refractivity contribution is 0.141. The van der Waals surface area contributed by atoms with E-state index >= 15 is 0 Å². The molecule has 3 rings (SSSR count). The molecule has 1 aliphatic rings. The Bertz CT molecular complexity index is 806. The van der Waals surface area contributed by atoms with Gasteiger partial charge in [-0.15, -0.1) is 0 Å². The van der Waals surface area contributed by atoms with E-state index in [9.17, 15) is 22.2 Å². The van der Waals surface area contributed by atoms with E-state index < -0.39 is 40.4 Å². The van der Waals surface area contributed by atoms with Crippen molar-refractivity contribution in [2.24, 2.45) is 13.0 Å². The first-order valence-electron chi connectivity index (χ1n) is 8.19. The van der Waals surface area contributed by atoms with E-state index in [0.29, 0.717) is 0 Å². The summed E-state index contributed by atoms with van der Waals surface area (Å²) >= 11 is 0. The molecule has 0 aliphatic carbocycles. The number of hydrogen-bond acceptors (Lipinski definition) is 5. The summed E-state index contributed by atoms with van der Waals surface area (Å²) in [6.07, 6.45) is 0.0773. The fourth-order valence-electron chi connectivity index (χ4n) is 2.92. The maximum atomic E-state index is 14.7. The van der Waals surface area contributed by atoms with E-state index in [2.05, 4.69) is 20.1 Å². The Hall–Kier alpha value is -2.37. The van der Waals surface area contributed by atoms with Crippen LogP contribution < -0.4 is 5.32 Å². The van der Waals surface area contributed by atoms with Crippen molar-refractivity contribution in [1.29, 1.82) is 0 Å². The highest BCUT2D eigenvalue weighted by molar-refractivity contribution is 7.85. The minimum atomic E-state index is -2.93. The predicted molar refractivity (Wildman–Crippen MR) is 89.3 cm³/mol. The Labute approximate surface area is 155 Å². The van der Waals surface area contributed by atoms with E-state index in [-0.39, 0.29) is 36.6 Å². The molecule has 2 aromatic rings. The van der Waals surface area contributed by atoms with Gasteiger partial charge in [-0.1, -0.05) is 5.16 Å². The zero-order valence-corrected chi connectivity index (χ0v) is 15.2. The van der Waals surface area contributed by atoms with Gasteiger partial charge >= 0.3 is 6.03 Å². The summed E-state index contributed by atoms with van der Waals surface area (Å²) in [5.41, 5.74) is -2.48. The number of urea groups is 1. The Kier molecular flexibility index (Phi) is 5.82. The molecular weight excluding hydrogens is 387 g/mol. The number of aromatic nitrogens is 3. The van der Waals surface area contributed by atoms with Gasteiger partial charge in [-0.3, -0.25) is 14.2 Å². The predicted octanol–water partition coefficient (Wildman–Crippen LogP) is 2.69. The van der Waals surface area contributed by atoms with Crippen LogP contribution in [0.15, 0.2) is 27.9 Å². The second-order valence-electron chi connectivity index (χ2n) is 6.14. The van der Waals surface area contributed by atoms with Gasteiger partial charge in [0, 0.05) is 38.3 Å². The Morgan fingerprint density at radius 1 is 1.37 bits per heavy atom. The maximum absolute atomic E-state index is 14.7. The molecule has 1 N–H and O–H groups in total. The third kappa shape index (κ3) is 4.31. The summed E-state index contributed by atoms with van der Waals surface area (Å²) in [6.45, 7) is 0.501. The van der Waals surface area contributed by atoms with Crippen LogP contribution >= 0.6 is 0 Å². The number of anilines is 1. The van der Waals surface area contributed by atoms with Gasteiger partial charge in [0.15, 0.2) is 11.3 Å². The first kappa shape index (κ1) is 19.4. The summed E-state index contributed by atoms with van der Waals surface area (Å²) in [4.78, 5) is 13.3. The topological polar surface area (TPSA) is 93.3 Å². The van der Waals surface area contributed by atoms with Crippen LogP contribution in [-0.4, -0.2) is 48.7 Å². The quantitative estimate of drug-likeness (QED) is 0.826. The molecule has 12 heteroatoms. The van der Waals surface area contributed by atoms with Gasteiger partial charge in [0.1, 0.15) is 12.0 Å². The molecule has 27 heavy (non-hydrogen) atoms. The molecule has 2 unspecified atom stereocenters. The number of alkyl halides is 3. The fraction of sp³-hybridized carbons (Fsp3) is 0.533. The number of hydrogen-bond donors (Lipinski definition) is 1. The Morgan fingerprint density at radius 2 is 2.07 bits per heavy atom. The van der Waals surface area contributed by atoms with Crippen LogP contribution in [0.25, 0.3) is 0 Å². The number of amides is 2. The van der Waals surface area contributed by atoms with E-state index in [1.807, 2.05) is 0 Å². The lowest BCUT2D eigenvalue weighted by Gasteiger charge is -2.32. The van der Waals surface area contributed by atoms with Gasteiger partial charge in [0.2, 0.25) is 0 Å². The second kappa shape index (κ2) is 8.11. The number of halogens is 3. The van der Waals surface area contributed by atoms with Crippen LogP contribution in [0.2, 0.25) is 0 Å². The summed E-state index contributed by atoms with van der Waals surface area (Å²) in [5.74, 6) is -0.338. The monoisotopic (exact) mass is 405 g/mol. The van der Waals surface area contributed by atoms with Crippen molar-refractivity contribution in [1.82, 2.24) is 19.8 Å². The number of nitrogens with one attached hydrogen (secondary N) is 1. The average Bonchev–Trinajstić information content (AvgIpc) is 3.30. The Morgan fingerprint density at radius 3 is 2.67 bits per heavy atom. The molecule has 0 radical (unpaired) electrons. The molecule has 0 aromatic carbocycles.